The molecule has 0 aliphatic rings. The first kappa shape index (κ1) is 22.0. The van der Waals surface area contributed by atoms with E-state index in [2.05, 4.69) is 10.5 Å². The molecule has 0 radical (unpaired) electrons. The Hall–Kier alpha value is -4.16. The van der Waals surface area contributed by atoms with Crippen molar-refractivity contribution in [3.63, 3.8) is 0 Å². The van der Waals surface area contributed by atoms with Gasteiger partial charge in [-0.25, -0.2) is 10.2 Å². The van der Waals surface area contributed by atoms with Crippen LogP contribution in [0.25, 0.3) is 10.8 Å². The van der Waals surface area contributed by atoms with Gasteiger partial charge in [0, 0.05) is 10.6 Å². The molecule has 0 bridgehead atoms. The zero-order valence-corrected chi connectivity index (χ0v) is 18.2. The number of nitrogens with one attached hydrogen (secondary N) is 1. The van der Waals surface area contributed by atoms with E-state index >= 15 is 0 Å². The molecule has 4 rings (SSSR count). The summed E-state index contributed by atoms with van der Waals surface area (Å²) in [5.74, 6) is -0.0504. The third-order valence-electron chi connectivity index (χ3n) is 4.69. The summed E-state index contributed by atoms with van der Waals surface area (Å²) >= 11 is 5.85. The zero-order valence-electron chi connectivity index (χ0n) is 17.4. The summed E-state index contributed by atoms with van der Waals surface area (Å²) in [7, 11) is 0. The van der Waals surface area contributed by atoms with E-state index in [1.807, 2.05) is 42.5 Å². The molecule has 0 aliphatic carbocycles. The summed E-state index contributed by atoms with van der Waals surface area (Å²) in [6.07, 6.45) is 1.40. The highest BCUT2D eigenvalue weighted by molar-refractivity contribution is 6.30. The van der Waals surface area contributed by atoms with Crippen LogP contribution in [-0.2, 0) is 4.79 Å². The van der Waals surface area contributed by atoms with Gasteiger partial charge in [0.15, 0.2) is 6.61 Å². The molecular weight excluding hydrogens is 440 g/mol. The van der Waals surface area contributed by atoms with Gasteiger partial charge in [0.2, 0.25) is 0 Å². The molecule has 0 aliphatic heterocycles. The molecule has 0 spiro atoms. The molecule has 0 saturated heterocycles. The molecule has 1 amide bonds. The number of para-hydroxylation sites is 1. The fourth-order valence-corrected chi connectivity index (χ4v) is 3.16. The number of rotatable bonds is 7. The lowest BCUT2D eigenvalue weighted by Gasteiger charge is -2.08. The summed E-state index contributed by atoms with van der Waals surface area (Å²) < 4.78 is 11.0. The Bertz CT molecular complexity index is 1320. The van der Waals surface area contributed by atoms with Gasteiger partial charge in [0.25, 0.3) is 5.91 Å². The van der Waals surface area contributed by atoms with E-state index < -0.39 is 11.9 Å². The lowest BCUT2D eigenvalue weighted by atomic mass is 10.1. The standard InChI is InChI=1S/C26H19ClN2O4/c27-22-12-9-19(10-13-22)26(31)33-24-8-4-3-7-21(24)16-28-29-25(30)17-32-23-14-11-18-5-1-2-6-20(18)15-23/h1-16H,17H2,(H,29,30)/b28-16-. The van der Waals surface area contributed by atoms with Crippen LogP contribution in [0.5, 0.6) is 11.5 Å². The van der Waals surface area contributed by atoms with Gasteiger partial charge in [-0.3, -0.25) is 4.79 Å². The fourth-order valence-electron chi connectivity index (χ4n) is 3.04. The SMILES string of the molecule is O=C(COc1ccc2ccccc2c1)N/N=C\c1ccccc1OC(=O)c1ccc(Cl)cc1. The molecule has 4 aromatic carbocycles. The Morgan fingerprint density at radius 3 is 2.42 bits per heavy atom. The maximum atomic E-state index is 12.4. The van der Waals surface area contributed by atoms with E-state index in [1.165, 1.54) is 6.21 Å². The van der Waals surface area contributed by atoms with E-state index in [1.54, 1.807) is 48.5 Å². The van der Waals surface area contributed by atoms with Gasteiger partial charge in [0.1, 0.15) is 11.5 Å². The van der Waals surface area contributed by atoms with Crippen molar-refractivity contribution in [2.45, 2.75) is 0 Å². The van der Waals surface area contributed by atoms with Crippen molar-refractivity contribution < 1.29 is 19.1 Å². The van der Waals surface area contributed by atoms with Crippen molar-refractivity contribution in [1.82, 2.24) is 5.43 Å². The van der Waals surface area contributed by atoms with Crippen LogP contribution >= 0.6 is 11.6 Å². The molecule has 0 heterocycles. The first-order valence-electron chi connectivity index (χ1n) is 10.1. The molecule has 33 heavy (non-hydrogen) atoms. The number of hydrazone groups is 1. The molecule has 0 unspecified atom stereocenters. The average molecular weight is 459 g/mol. The molecule has 7 heteroatoms. The molecular formula is C26H19ClN2O4. The van der Waals surface area contributed by atoms with Crippen LogP contribution in [0.15, 0.2) is 96.1 Å². The molecule has 0 aromatic heterocycles. The molecule has 4 aromatic rings. The Morgan fingerprint density at radius 1 is 0.879 bits per heavy atom. The minimum Gasteiger partial charge on any atom is -0.484 e. The Morgan fingerprint density at radius 2 is 1.61 bits per heavy atom. The number of esters is 1. The lowest BCUT2D eigenvalue weighted by Crippen LogP contribution is -2.24. The third kappa shape index (κ3) is 5.96. The molecule has 1 N–H and O–H groups in total. The summed E-state index contributed by atoms with van der Waals surface area (Å²) in [4.78, 5) is 24.5. The Kier molecular flexibility index (Phi) is 6.97. The van der Waals surface area contributed by atoms with Crippen LogP contribution in [0.1, 0.15) is 15.9 Å². The smallest absolute Gasteiger partial charge is 0.343 e. The predicted octanol–water partition coefficient (Wildman–Crippen LogP) is 5.24. The number of halogens is 1. The van der Waals surface area contributed by atoms with Crippen LogP contribution in [0.2, 0.25) is 5.02 Å². The van der Waals surface area contributed by atoms with Gasteiger partial charge >= 0.3 is 5.97 Å². The van der Waals surface area contributed by atoms with Crippen molar-refractivity contribution in [2.24, 2.45) is 5.10 Å². The van der Waals surface area contributed by atoms with Gasteiger partial charge in [-0.1, -0.05) is 54.1 Å². The van der Waals surface area contributed by atoms with Crippen molar-refractivity contribution in [3.05, 3.63) is 107 Å². The second kappa shape index (κ2) is 10.4. The summed E-state index contributed by atoms with van der Waals surface area (Å²) in [6, 6.07) is 26.7. The van der Waals surface area contributed by atoms with Crippen LogP contribution in [0.4, 0.5) is 0 Å². The van der Waals surface area contributed by atoms with E-state index in [-0.39, 0.29) is 6.61 Å². The van der Waals surface area contributed by atoms with Crippen LogP contribution in [0.3, 0.4) is 0 Å². The highest BCUT2D eigenvalue weighted by atomic mass is 35.5. The van der Waals surface area contributed by atoms with Gasteiger partial charge in [0.05, 0.1) is 11.8 Å². The van der Waals surface area contributed by atoms with Gasteiger partial charge in [-0.05, 0) is 59.3 Å². The normalized spacial score (nSPS) is 10.8. The van der Waals surface area contributed by atoms with E-state index in [4.69, 9.17) is 21.1 Å². The molecule has 0 saturated carbocycles. The molecule has 0 atom stereocenters. The van der Waals surface area contributed by atoms with Crippen molar-refractivity contribution >= 4 is 40.5 Å². The molecule has 164 valence electrons. The predicted molar refractivity (Wildman–Crippen MR) is 128 cm³/mol. The van der Waals surface area contributed by atoms with Crippen molar-refractivity contribution in [1.29, 1.82) is 0 Å². The van der Waals surface area contributed by atoms with Gasteiger partial charge in [-0.2, -0.15) is 5.10 Å². The minimum absolute atomic E-state index is 0.192. The van der Waals surface area contributed by atoms with E-state index in [0.717, 1.165) is 10.8 Å². The second-order valence-electron chi connectivity index (χ2n) is 7.03. The Balaban J connectivity index is 1.33. The average Bonchev–Trinajstić information content (AvgIpc) is 2.84. The van der Waals surface area contributed by atoms with E-state index in [9.17, 15) is 9.59 Å². The number of fused-ring (bicyclic) bond motifs is 1. The first-order chi connectivity index (χ1) is 16.1. The van der Waals surface area contributed by atoms with Crippen LogP contribution in [0, 0.1) is 0 Å². The van der Waals surface area contributed by atoms with Gasteiger partial charge in [-0.15, -0.1) is 0 Å². The van der Waals surface area contributed by atoms with E-state index in [0.29, 0.717) is 27.6 Å². The molecule has 0 fully saturated rings. The monoisotopic (exact) mass is 458 g/mol. The second-order valence-corrected chi connectivity index (χ2v) is 7.46. The number of ether oxygens (including phenoxy) is 2. The quantitative estimate of drug-likeness (QED) is 0.178. The van der Waals surface area contributed by atoms with Crippen molar-refractivity contribution in [3.8, 4) is 11.5 Å². The van der Waals surface area contributed by atoms with Crippen molar-refractivity contribution in [2.75, 3.05) is 6.61 Å². The topological polar surface area (TPSA) is 77.0 Å². The highest BCUT2D eigenvalue weighted by Gasteiger charge is 2.11. The minimum atomic E-state index is -0.527. The first-order valence-corrected chi connectivity index (χ1v) is 10.5. The number of hydrogen-bond acceptors (Lipinski definition) is 5. The summed E-state index contributed by atoms with van der Waals surface area (Å²) in [5, 5.41) is 6.59. The maximum absolute atomic E-state index is 12.4. The fraction of sp³-hybridized carbons (Fsp3) is 0.0385. The van der Waals surface area contributed by atoms with Crippen LogP contribution < -0.4 is 14.9 Å². The largest absolute Gasteiger partial charge is 0.484 e. The number of amides is 1. The highest BCUT2D eigenvalue weighted by Crippen LogP contribution is 2.21. The number of benzene rings is 4. The number of nitrogens with zero attached hydrogens (tertiary/aromatic N) is 1. The summed E-state index contributed by atoms with van der Waals surface area (Å²) in [5.41, 5.74) is 3.30. The number of hydrogen-bond donors (Lipinski definition) is 1. The Labute approximate surface area is 195 Å². The maximum Gasteiger partial charge on any atom is 0.343 e. The zero-order chi connectivity index (χ0) is 23.0. The number of carbonyl (C=O) groups is 2. The molecule has 6 nitrogen and oxygen atoms in total. The number of carbonyl (C=O) groups excluding carboxylic acids is 2. The van der Waals surface area contributed by atoms with Gasteiger partial charge < -0.3 is 9.47 Å². The lowest BCUT2D eigenvalue weighted by molar-refractivity contribution is -0.123. The van der Waals surface area contributed by atoms with Crippen LogP contribution in [-0.4, -0.2) is 24.7 Å². The summed E-state index contributed by atoms with van der Waals surface area (Å²) in [6.45, 7) is -0.192. The third-order valence-corrected chi connectivity index (χ3v) is 4.94.